The average Bonchev–Trinajstić information content (AvgIpc) is 3.33. The monoisotopic (exact) mass is 439 g/mol. The van der Waals surface area contributed by atoms with Crippen LogP contribution in [-0.4, -0.2) is 46.4 Å². The zero-order chi connectivity index (χ0) is 22.4. The zero-order valence-electron chi connectivity index (χ0n) is 20.0. The van der Waals surface area contributed by atoms with Gasteiger partial charge in [0.05, 0.1) is 23.6 Å². The molecule has 3 heterocycles. The van der Waals surface area contributed by atoms with E-state index in [2.05, 4.69) is 72.5 Å². The fraction of sp³-hybridized carbons (Fsp3) is 0.517. The van der Waals surface area contributed by atoms with Crippen molar-refractivity contribution in [2.24, 2.45) is 11.3 Å². The fourth-order valence-electron chi connectivity index (χ4n) is 8.01. The van der Waals surface area contributed by atoms with E-state index >= 15 is 0 Å². The van der Waals surface area contributed by atoms with E-state index in [1.54, 1.807) is 5.57 Å². The lowest BCUT2D eigenvalue weighted by Crippen LogP contribution is -2.54. The molecule has 0 unspecified atom stereocenters. The highest BCUT2D eigenvalue weighted by atomic mass is 16.5. The van der Waals surface area contributed by atoms with E-state index in [0.29, 0.717) is 12.0 Å². The van der Waals surface area contributed by atoms with Crippen LogP contribution in [0.25, 0.3) is 16.3 Å². The quantitative estimate of drug-likeness (QED) is 0.601. The molecule has 2 bridgehead atoms. The summed E-state index contributed by atoms with van der Waals surface area (Å²) in [6.45, 7) is 2.49. The molecule has 5 aliphatic rings. The maximum absolute atomic E-state index is 7.38. The molecule has 7 rings (SSSR count). The minimum absolute atomic E-state index is 0.0346. The molecule has 1 saturated carbocycles. The summed E-state index contributed by atoms with van der Waals surface area (Å²) in [6.07, 6.45) is 19.5. The van der Waals surface area contributed by atoms with Crippen molar-refractivity contribution in [2.75, 3.05) is 14.1 Å². The summed E-state index contributed by atoms with van der Waals surface area (Å²) in [6, 6.07) is 7.40. The molecule has 2 fully saturated rings. The smallest absolute Gasteiger partial charge is 0.0980 e. The first-order valence-corrected chi connectivity index (χ1v) is 12.6. The maximum atomic E-state index is 7.38. The van der Waals surface area contributed by atoms with Gasteiger partial charge in [0.25, 0.3) is 0 Å². The van der Waals surface area contributed by atoms with Crippen LogP contribution in [0.4, 0.5) is 0 Å². The van der Waals surface area contributed by atoms with Gasteiger partial charge < -0.3 is 9.64 Å². The third-order valence-electron chi connectivity index (χ3n) is 9.83. The van der Waals surface area contributed by atoms with Crippen LogP contribution in [0, 0.1) is 11.3 Å². The molecule has 0 amide bonds. The summed E-state index contributed by atoms with van der Waals surface area (Å²) in [5.74, 6) is 0.503. The van der Waals surface area contributed by atoms with Gasteiger partial charge in [-0.2, -0.15) is 10.2 Å². The van der Waals surface area contributed by atoms with Gasteiger partial charge in [-0.1, -0.05) is 37.3 Å². The van der Waals surface area contributed by atoms with Crippen LogP contribution in [0.1, 0.15) is 57.4 Å². The fourth-order valence-corrected chi connectivity index (χ4v) is 8.01. The third kappa shape index (κ3) is 2.60. The maximum Gasteiger partial charge on any atom is 0.0980 e. The highest BCUT2D eigenvalue weighted by Crippen LogP contribution is 2.67. The van der Waals surface area contributed by atoms with E-state index in [-0.39, 0.29) is 16.6 Å². The van der Waals surface area contributed by atoms with Crippen LogP contribution in [-0.2, 0) is 4.74 Å². The Kier molecular flexibility index (Phi) is 4.05. The van der Waals surface area contributed by atoms with Crippen molar-refractivity contribution in [3.8, 4) is 0 Å². The molecule has 1 aromatic carbocycles. The second-order valence-electron chi connectivity index (χ2n) is 11.5. The van der Waals surface area contributed by atoms with Crippen LogP contribution in [0.5, 0.6) is 0 Å². The minimum atomic E-state index is -0.120. The standard InChI is InChI=1S/C29H33N3O/c1-27-11-10-23-15-22-6-7-24(32(2)3)16-28(22)12-13-29(23,33-28)26(27)9-8-25(27)19-4-5-20-17-30-31-18-21(20)14-19/h4-5,8,10,14-15,17-18,24,26H,6-7,9,11-13,16H2,1-3H3/t24-,26-,27-,28-,29-/m1/s1. The average molecular weight is 440 g/mol. The first kappa shape index (κ1) is 20.1. The lowest BCUT2D eigenvalue weighted by molar-refractivity contribution is -0.134. The van der Waals surface area contributed by atoms with Gasteiger partial charge in [0.15, 0.2) is 0 Å². The van der Waals surface area contributed by atoms with Crippen molar-refractivity contribution in [2.45, 2.75) is 69.1 Å². The van der Waals surface area contributed by atoms with Crippen LogP contribution in [0.15, 0.2) is 60.0 Å². The second kappa shape index (κ2) is 6.64. The molecule has 33 heavy (non-hydrogen) atoms. The van der Waals surface area contributed by atoms with Crippen LogP contribution < -0.4 is 0 Å². The van der Waals surface area contributed by atoms with E-state index in [1.165, 1.54) is 41.4 Å². The van der Waals surface area contributed by atoms with E-state index in [1.807, 2.05) is 12.4 Å². The molecule has 0 radical (unpaired) electrons. The number of allylic oxidation sites excluding steroid dienone is 3. The molecule has 2 aliphatic heterocycles. The molecule has 5 atom stereocenters. The molecule has 170 valence electrons. The summed E-state index contributed by atoms with van der Waals surface area (Å²) >= 11 is 0. The predicted molar refractivity (Wildman–Crippen MR) is 132 cm³/mol. The number of hydrogen-bond donors (Lipinski definition) is 0. The minimum Gasteiger partial charge on any atom is -0.359 e. The van der Waals surface area contributed by atoms with Crippen LogP contribution in [0.2, 0.25) is 0 Å². The molecule has 0 N–H and O–H groups in total. The first-order chi connectivity index (χ1) is 15.9. The molecule has 1 aromatic heterocycles. The predicted octanol–water partition coefficient (Wildman–Crippen LogP) is 5.71. The number of fused-ring (bicyclic) bond motifs is 2. The SMILES string of the molecule is CN(C)[C@@H]1CCC2=CC3=CC[C@]4(C)C(c5ccc6cnncc6c5)=CC[C@H]4[C@@]34CC[C@]2(C1)O4. The van der Waals surface area contributed by atoms with Gasteiger partial charge >= 0.3 is 0 Å². The molecule has 4 nitrogen and oxygen atoms in total. The lowest BCUT2D eigenvalue weighted by atomic mass is 9.58. The van der Waals surface area contributed by atoms with E-state index in [0.717, 1.165) is 31.1 Å². The van der Waals surface area contributed by atoms with Gasteiger partial charge in [0.2, 0.25) is 0 Å². The highest BCUT2D eigenvalue weighted by Gasteiger charge is 2.65. The summed E-state index contributed by atoms with van der Waals surface area (Å²) in [5, 5.41) is 10.5. The number of ether oxygens (including phenoxy) is 1. The molecule has 4 heteroatoms. The van der Waals surface area contributed by atoms with Crippen LogP contribution >= 0.6 is 0 Å². The number of hydrogen-bond acceptors (Lipinski definition) is 4. The Morgan fingerprint density at radius 1 is 1.06 bits per heavy atom. The van der Waals surface area contributed by atoms with Gasteiger partial charge in [-0.05, 0) is 87.4 Å². The molecular formula is C29H33N3O. The van der Waals surface area contributed by atoms with Crippen molar-refractivity contribution in [3.63, 3.8) is 0 Å². The van der Waals surface area contributed by atoms with Gasteiger partial charge in [-0.25, -0.2) is 0 Å². The molecule has 3 aliphatic carbocycles. The van der Waals surface area contributed by atoms with E-state index in [4.69, 9.17) is 4.74 Å². The molecule has 1 saturated heterocycles. The van der Waals surface area contributed by atoms with Gasteiger partial charge in [0.1, 0.15) is 0 Å². The second-order valence-corrected chi connectivity index (χ2v) is 11.5. The largest absolute Gasteiger partial charge is 0.359 e. The van der Waals surface area contributed by atoms with Gasteiger partial charge in [-0.3, -0.25) is 0 Å². The summed E-state index contributed by atoms with van der Waals surface area (Å²) in [5.41, 5.74) is 5.83. The van der Waals surface area contributed by atoms with E-state index < -0.39 is 0 Å². The summed E-state index contributed by atoms with van der Waals surface area (Å²) in [4.78, 5) is 2.41. The molecule has 2 spiro atoms. The van der Waals surface area contributed by atoms with Crippen LogP contribution in [0.3, 0.4) is 0 Å². The summed E-state index contributed by atoms with van der Waals surface area (Å²) < 4.78 is 7.38. The normalized spacial score (nSPS) is 39.0. The van der Waals surface area contributed by atoms with Gasteiger partial charge in [-0.15, -0.1) is 0 Å². The Bertz CT molecular complexity index is 1260. The first-order valence-electron chi connectivity index (χ1n) is 12.6. The topological polar surface area (TPSA) is 38.2 Å². The number of nitrogens with zero attached hydrogens (tertiary/aromatic N) is 3. The Morgan fingerprint density at radius 3 is 2.76 bits per heavy atom. The number of rotatable bonds is 2. The zero-order valence-corrected chi connectivity index (χ0v) is 20.0. The lowest BCUT2D eigenvalue weighted by Gasteiger charge is -2.54. The van der Waals surface area contributed by atoms with Crippen molar-refractivity contribution in [1.82, 2.24) is 15.1 Å². The van der Waals surface area contributed by atoms with Crippen molar-refractivity contribution >= 4 is 16.3 Å². The van der Waals surface area contributed by atoms with Crippen molar-refractivity contribution in [1.29, 1.82) is 0 Å². The van der Waals surface area contributed by atoms with E-state index in [9.17, 15) is 0 Å². The number of benzene rings is 1. The molecular weight excluding hydrogens is 406 g/mol. The Balaban J connectivity index is 1.28. The number of aromatic nitrogens is 2. The summed E-state index contributed by atoms with van der Waals surface area (Å²) in [7, 11) is 4.46. The highest BCUT2D eigenvalue weighted by molar-refractivity contribution is 5.86. The van der Waals surface area contributed by atoms with Crippen molar-refractivity contribution in [3.05, 3.63) is 65.5 Å². The molecule has 2 aromatic rings. The van der Waals surface area contributed by atoms with Crippen molar-refractivity contribution < 1.29 is 4.74 Å². The third-order valence-corrected chi connectivity index (χ3v) is 9.83. The Morgan fingerprint density at radius 2 is 1.91 bits per heavy atom. The Labute approximate surface area is 196 Å². The van der Waals surface area contributed by atoms with Gasteiger partial charge in [0, 0.05) is 28.1 Å². The Hall–Kier alpha value is -2.30.